The Morgan fingerprint density at radius 2 is 1.80 bits per heavy atom. The number of anilines is 2. The van der Waals surface area contributed by atoms with E-state index in [4.69, 9.17) is 9.15 Å². The van der Waals surface area contributed by atoms with Crippen molar-refractivity contribution in [2.45, 2.75) is 65.5 Å². The number of likely N-dealkylation sites (N-methyl/N-ethyl adjacent to an activating group) is 1. The highest BCUT2D eigenvalue weighted by atomic mass is 16.6. The Bertz CT molecular complexity index is 1460. The first-order valence-corrected chi connectivity index (χ1v) is 13.3. The van der Waals surface area contributed by atoms with E-state index >= 15 is 0 Å². The van der Waals surface area contributed by atoms with Crippen LogP contribution in [0.2, 0.25) is 0 Å². The Kier molecular flexibility index (Phi) is 9.69. The number of aryl methyl sites for hydroxylation is 1. The molecule has 0 saturated carbocycles. The van der Waals surface area contributed by atoms with E-state index in [1.54, 1.807) is 71.8 Å². The van der Waals surface area contributed by atoms with Gasteiger partial charge in [-0.2, -0.15) is 4.98 Å². The molecule has 1 aromatic carbocycles. The summed E-state index contributed by atoms with van der Waals surface area (Å²) in [5.41, 5.74) is -0.300. The van der Waals surface area contributed by atoms with Gasteiger partial charge in [-0.1, -0.05) is 6.07 Å². The predicted molar refractivity (Wildman–Crippen MR) is 156 cm³/mol. The molecule has 3 aromatic rings. The van der Waals surface area contributed by atoms with Crippen molar-refractivity contribution in [2.24, 2.45) is 0 Å². The lowest BCUT2D eigenvalue weighted by atomic mass is 10.0. The summed E-state index contributed by atoms with van der Waals surface area (Å²) in [5, 5.41) is 8.42. The second-order valence-corrected chi connectivity index (χ2v) is 11.2. The standard InChI is InChI=1S/C29H38N6O6/c1-18-20(32-22(36)13-16-31-27(39)41-28(2,3)4)11-12-21-23(18)24(37)40-26(33-21)34-29(5,6)25(38)35(7)17-14-19-10-8-9-15-30-19/h8-12,15H,13-14,16-17H2,1-7H3,(H,31,39)(H,32,36)(H,33,34). The van der Waals surface area contributed by atoms with E-state index in [1.807, 2.05) is 18.2 Å². The van der Waals surface area contributed by atoms with E-state index in [-0.39, 0.29) is 36.2 Å². The van der Waals surface area contributed by atoms with Gasteiger partial charge in [0.2, 0.25) is 11.8 Å². The third-order valence-electron chi connectivity index (χ3n) is 6.08. The number of ether oxygens (including phenoxy) is 1. The number of pyridine rings is 1. The molecule has 41 heavy (non-hydrogen) atoms. The van der Waals surface area contributed by atoms with Gasteiger partial charge < -0.3 is 30.0 Å². The second-order valence-electron chi connectivity index (χ2n) is 11.2. The van der Waals surface area contributed by atoms with Crippen LogP contribution in [0, 0.1) is 6.92 Å². The van der Waals surface area contributed by atoms with Gasteiger partial charge in [-0.15, -0.1) is 0 Å². The first-order valence-electron chi connectivity index (χ1n) is 13.3. The molecule has 2 heterocycles. The lowest BCUT2D eigenvalue weighted by molar-refractivity contribution is -0.133. The topological polar surface area (TPSA) is 156 Å². The fourth-order valence-electron chi connectivity index (χ4n) is 4.04. The molecule has 3 amide bonds. The highest BCUT2D eigenvalue weighted by Crippen LogP contribution is 2.24. The van der Waals surface area contributed by atoms with Crippen LogP contribution in [-0.2, 0) is 20.7 Å². The van der Waals surface area contributed by atoms with Gasteiger partial charge in [-0.05, 0) is 71.4 Å². The van der Waals surface area contributed by atoms with Crippen LogP contribution in [0.5, 0.6) is 0 Å². The van der Waals surface area contributed by atoms with Gasteiger partial charge in [0.25, 0.3) is 6.01 Å². The van der Waals surface area contributed by atoms with Crippen LogP contribution >= 0.6 is 0 Å². The quantitative estimate of drug-likeness (QED) is 0.333. The first kappa shape index (κ1) is 31.1. The summed E-state index contributed by atoms with van der Waals surface area (Å²) in [6.45, 7) is 10.8. The van der Waals surface area contributed by atoms with E-state index in [0.29, 0.717) is 29.7 Å². The van der Waals surface area contributed by atoms with Crippen molar-refractivity contribution >= 4 is 40.5 Å². The van der Waals surface area contributed by atoms with Gasteiger partial charge in [0.1, 0.15) is 11.1 Å². The zero-order chi connectivity index (χ0) is 30.4. The number of aromatic nitrogens is 2. The summed E-state index contributed by atoms with van der Waals surface area (Å²) in [5.74, 6) is -0.569. The highest BCUT2D eigenvalue weighted by molar-refractivity contribution is 5.96. The van der Waals surface area contributed by atoms with E-state index in [2.05, 4.69) is 25.9 Å². The Morgan fingerprint density at radius 3 is 2.46 bits per heavy atom. The fraction of sp³-hybridized carbons (Fsp3) is 0.448. The molecule has 3 rings (SSSR count). The summed E-state index contributed by atoms with van der Waals surface area (Å²) < 4.78 is 10.6. The summed E-state index contributed by atoms with van der Waals surface area (Å²) in [4.78, 5) is 60.6. The number of rotatable bonds is 10. The van der Waals surface area contributed by atoms with Crippen molar-refractivity contribution in [1.29, 1.82) is 0 Å². The molecule has 0 bridgehead atoms. The summed E-state index contributed by atoms with van der Waals surface area (Å²) in [6.07, 6.45) is 1.70. The third kappa shape index (κ3) is 8.75. The molecule has 0 radical (unpaired) electrons. The average Bonchev–Trinajstić information content (AvgIpc) is 2.87. The summed E-state index contributed by atoms with van der Waals surface area (Å²) in [6, 6.07) is 8.76. The fourth-order valence-corrected chi connectivity index (χ4v) is 4.04. The van der Waals surface area contributed by atoms with Crippen LogP contribution < -0.4 is 21.6 Å². The Balaban J connectivity index is 1.65. The van der Waals surface area contributed by atoms with Crippen molar-refractivity contribution in [1.82, 2.24) is 20.2 Å². The maximum atomic E-state index is 13.1. The number of fused-ring (bicyclic) bond motifs is 1. The van der Waals surface area contributed by atoms with Crippen molar-refractivity contribution in [2.75, 3.05) is 30.8 Å². The largest absolute Gasteiger partial charge is 0.444 e. The van der Waals surface area contributed by atoms with Crippen LogP contribution in [0.4, 0.5) is 16.5 Å². The monoisotopic (exact) mass is 566 g/mol. The van der Waals surface area contributed by atoms with Crippen LogP contribution in [0.25, 0.3) is 10.9 Å². The summed E-state index contributed by atoms with van der Waals surface area (Å²) >= 11 is 0. The Morgan fingerprint density at radius 1 is 1.07 bits per heavy atom. The van der Waals surface area contributed by atoms with Crippen molar-refractivity contribution in [3.8, 4) is 0 Å². The van der Waals surface area contributed by atoms with E-state index in [1.165, 1.54) is 0 Å². The number of amides is 3. The Labute approximate surface area is 238 Å². The molecule has 2 aromatic heterocycles. The minimum absolute atomic E-state index is 0.00581. The van der Waals surface area contributed by atoms with Crippen molar-refractivity contribution in [3.05, 3.63) is 58.2 Å². The molecule has 12 nitrogen and oxygen atoms in total. The maximum absolute atomic E-state index is 13.1. The lowest BCUT2D eigenvalue weighted by Crippen LogP contribution is -2.49. The molecule has 0 fully saturated rings. The molecule has 3 N–H and O–H groups in total. The van der Waals surface area contributed by atoms with Crippen LogP contribution in [-0.4, -0.2) is 64.1 Å². The minimum atomic E-state index is -1.12. The maximum Gasteiger partial charge on any atom is 0.407 e. The van der Waals surface area contributed by atoms with Gasteiger partial charge in [-0.3, -0.25) is 14.6 Å². The Hall–Kier alpha value is -4.48. The summed E-state index contributed by atoms with van der Waals surface area (Å²) in [7, 11) is 1.70. The van der Waals surface area contributed by atoms with Gasteiger partial charge >= 0.3 is 11.7 Å². The molecule has 12 heteroatoms. The molecular weight excluding hydrogens is 528 g/mol. The number of benzene rings is 1. The van der Waals surface area contributed by atoms with E-state index in [0.717, 1.165) is 5.69 Å². The molecule has 220 valence electrons. The number of carbonyl (C=O) groups is 3. The molecule has 0 aliphatic rings. The lowest BCUT2D eigenvalue weighted by Gasteiger charge is -2.30. The predicted octanol–water partition coefficient (Wildman–Crippen LogP) is 3.64. The number of nitrogens with zero attached hydrogens (tertiary/aromatic N) is 3. The minimum Gasteiger partial charge on any atom is -0.444 e. The third-order valence-corrected chi connectivity index (χ3v) is 6.08. The smallest absolute Gasteiger partial charge is 0.407 e. The first-order chi connectivity index (χ1) is 19.2. The zero-order valence-corrected chi connectivity index (χ0v) is 24.6. The van der Waals surface area contributed by atoms with Crippen LogP contribution in [0.3, 0.4) is 0 Å². The molecule has 0 spiro atoms. The van der Waals surface area contributed by atoms with E-state index in [9.17, 15) is 19.2 Å². The SMILES string of the molecule is Cc1c(NC(=O)CCNC(=O)OC(C)(C)C)ccc2nc(NC(C)(C)C(=O)N(C)CCc3ccccn3)oc(=O)c12. The van der Waals surface area contributed by atoms with Gasteiger partial charge in [0.05, 0.1) is 10.9 Å². The molecule has 0 aliphatic heterocycles. The van der Waals surface area contributed by atoms with Crippen LogP contribution in [0.15, 0.2) is 45.7 Å². The van der Waals surface area contributed by atoms with Crippen LogP contribution in [0.1, 0.15) is 52.3 Å². The van der Waals surface area contributed by atoms with Gasteiger partial charge in [0.15, 0.2) is 0 Å². The van der Waals surface area contributed by atoms with Gasteiger partial charge in [0, 0.05) is 50.6 Å². The average molecular weight is 567 g/mol. The number of hydrogen-bond acceptors (Lipinski definition) is 9. The van der Waals surface area contributed by atoms with Gasteiger partial charge in [-0.25, -0.2) is 9.59 Å². The molecule has 0 aliphatic carbocycles. The number of carbonyl (C=O) groups excluding carboxylic acids is 3. The van der Waals surface area contributed by atoms with Crippen molar-refractivity contribution in [3.63, 3.8) is 0 Å². The normalized spacial score (nSPS) is 11.6. The number of alkyl carbamates (subject to hydrolysis) is 1. The zero-order valence-electron chi connectivity index (χ0n) is 24.6. The molecular formula is C29H38N6O6. The number of nitrogens with one attached hydrogen (secondary N) is 3. The number of hydrogen-bond donors (Lipinski definition) is 3. The molecule has 0 atom stereocenters. The molecule has 0 saturated heterocycles. The van der Waals surface area contributed by atoms with Crippen molar-refractivity contribution < 1.29 is 23.5 Å². The highest BCUT2D eigenvalue weighted by Gasteiger charge is 2.32. The second kappa shape index (κ2) is 12.8. The molecule has 0 unspecified atom stereocenters. The van der Waals surface area contributed by atoms with E-state index < -0.39 is 22.9 Å².